The molecule has 0 fully saturated rings. The van der Waals surface area contributed by atoms with E-state index < -0.39 is 6.04 Å². The zero-order valence-electron chi connectivity index (χ0n) is 16.3. The fraction of sp³-hybridized carbons (Fsp3) is 0.174. The van der Waals surface area contributed by atoms with E-state index in [1.165, 1.54) is 14.0 Å². The molecule has 0 aliphatic heterocycles. The number of aromatic nitrogens is 1. The highest BCUT2D eigenvalue weighted by Crippen LogP contribution is 2.28. The van der Waals surface area contributed by atoms with Gasteiger partial charge in [-0.3, -0.25) is 14.6 Å². The molecule has 1 amide bonds. The third-order valence-electron chi connectivity index (χ3n) is 4.35. The molecule has 6 heteroatoms. The molecule has 3 rings (SSSR count). The van der Waals surface area contributed by atoms with Gasteiger partial charge in [-0.2, -0.15) is 0 Å². The minimum absolute atomic E-state index is 0.0753. The molecule has 0 aliphatic carbocycles. The molecule has 1 aromatic heterocycles. The molecular weight excluding hydrogens is 368 g/mol. The average Bonchev–Trinajstić information content (AvgIpc) is 2.77. The van der Waals surface area contributed by atoms with Gasteiger partial charge in [-0.1, -0.05) is 36.4 Å². The predicted molar refractivity (Wildman–Crippen MR) is 109 cm³/mol. The van der Waals surface area contributed by atoms with Crippen molar-refractivity contribution < 1.29 is 19.1 Å². The smallest absolute Gasteiger partial charge is 0.258 e. The topological polar surface area (TPSA) is 77.5 Å². The van der Waals surface area contributed by atoms with Crippen molar-refractivity contribution in [1.29, 1.82) is 0 Å². The number of rotatable bonds is 8. The van der Waals surface area contributed by atoms with Gasteiger partial charge in [0.15, 0.2) is 23.9 Å². The van der Waals surface area contributed by atoms with Crippen molar-refractivity contribution in [2.75, 3.05) is 13.7 Å². The fourth-order valence-electron chi connectivity index (χ4n) is 2.87. The van der Waals surface area contributed by atoms with E-state index in [4.69, 9.17) is 9.47 Å². The van der Waals surface area contributed by atoms with E-state index in [1.54, 1.807) is 24.4 Å². The van der Waals surface area contributed by atoms with E-state index >= 15 is 0 Å². The molecule has 3 aromatic rings. The SMILES string of the molecule is COc1cc(C(C)=O)ccc1OCC(=O)NC(c1ccccc1)c1ccccn1. The number of nitrogens with one attached hydrogen (secondary N) is 1. The molecule has 0 radical (unpaired) electrons. The average molecular weight is 390 g/mol. The lowest BCUT2D eigenvalue weighted by molar-refractivity contribution is -0.123. The molecule has 2 aromatic carbocycles. The van der Waals surface area contributed by atoms with Crippen LogP contribution in [0.1, 0.15) is 34.6 Å². The number of methoxy groups -OCH3 is 1. The van der Waals surface area contributed by atoms with Crippen LogP contribution in [-0.4, -0.2) is 30.4 Å². The van der Waals surface area contributed by atoms with Gasteiger partial charge in [0.2, 0.25) is 0 Å². The van der Waals surface area contributed by atoms with E-state index in [0.717, 1.165) is 11.3 Å². The first-order valence-electron chi connectivity index (χ1n) is 9.15. The summed E-state index contributed by atoms with van der Waals surface area (Å²) in [6.07, 6.45) is 1.69. The van der Waals surface area contributed by atoms with Gasteiger partial charge >= 0.3 is 0 Å². The van der Waals surface area contributed by atoms with E-state index in [9.17, 15) is 9.59 Å². The number of pyridine rings is 1. The van der Waals surface area contributed by atoms with Crippen LogP contribution < -0.4 is 14.8 Å². The van der Waals surface area contributed by atoms with Crippen LogP contribution in [0.2, 0.25) is 0 Å². The Morgan fingerprint density at radius 2 is 1.76 bits per heavy atom. The lowest BCUT2D eigenvalue weighted by Gasteiger charge is -2.19. The first kappa shape index (κ1) is 20.1. The zero-order chi connectivity index (χ0) is 20.6. The van der Waals surface area contributed by atoms with Crippen LogP contribution in [-0.2, 0) is 4.79 Å². The summed E-state index contributed by atoms with van der Waals surface area (Å²) in [6, 6.07) is 19.6. The van der Waals surface area contributed by atoms with Crippen LogP contribution in [0.5, 0.6) is 11.5 Å². The predicted octanol–water partition coefficient (Wildman–Crippen LogP) is 3.58. The number of carbonyl (C=O) groups is 2. The summed E-state index contributed by atoms with van der Waals surface area (Å²) in [7, 11) is 1.48. The Labute approximate surface area is 169 Å². The van der Waals surface area contributed by atoms with Crippen molar-refractivity contribution in [3.05, 3.63) is 89.7 Å². The van der Waals surface area contributed by atoms with Crippen LogP contribution in [0.25, 0.3) is 0 Å². The van der Waals surface area contributed by atoms with Crippen LogP contribution >= 0.6 is 0 Å². The summed E-state index contributed by atoms with van der Waals surface area (Å²) in [5, 5.41) is 2.97. The van der Waals surface area contributed by atoms with Gasteiger partial charge in [-0.25, -0.2) is 0 Å². The highest BCUT2D eigenvalue weighted by molar-refractivity contribution is 5.94. The van der Waals surface area contributed by atoms with Crippen molar-refractivity contribution >= 4 is 11.7 Å². The number of Topliss-reactive ketones (excluding diaryl/α,β-unsaturated/α-hetero) is 1. The summed E-state index contributed by atoms with van der Waals surface area (Å²) in [4.78, 5) is 28.5. The molecule has 0 saturated heterocycles. The Bertz CT molecular complexity index is 935. The van der Waals surface area contributed by atoms with Gasteiger partial charge in [0.05, 0.1) is 18.8 Å². The number of nitrogens with zero attached hydrogens (tertiary/aromatic N) is 1. The number of hydrogen-bond acceptors (Lipinski definition) is 5. The monoisotopic (exact) mass is 390 g/mol. The van der Waals surface area contributed by atoms with Gasteiger partial charge in [0, 0.05) is 11.8 Å². The minimum atomic E-state index is -0.393. The number of ketones is 1. The lowest BCUT2D eigenvalue weighted by Crippen LogP contribution is -2.33. The quantitative estimate of drug-likeness (QED) is 0.595. The minimum Gasteiger partial charge on any atom is -0.493 e. The maximum Gasteiger partial charge on any atom is 0.258 e. The fourth-order valence-corrected chi connectivity index (χ4v) is 2.87. The van der Waals surface area contributed by atoms with E-state index in [0.29, 0.717) is 17.1 Å². The first-order valence-corrected chi connectivity index (χ1v) is 9.15. The molecule has 0 bridgehead atoms. The van der Waals surface area contributed by atoms with E-state index in [-0.39, 0.29) is 18.3 Å². The first-order chi connectivity index (χ1) is 14.1. The third kappa shape index (κ3) is 5.19. The molecule has 0 saturated carbocycles. The van der Waals surface area contributed by atoms with Crippen molar-refractivity contribution in [3.63, 3.8) is 0 Å². The number of hydrogen-bond donors (Lipinski definition) is 1. The molecule has 29 heavy (non-hydrogen) atoms. The Morgan fingerprint density at radius 3 is 2.41 bits per heavy atom. The maximum atomic E-state index is 12.6. The van der Waals surface area contributed by atoms with E-state index in [1.807, 2.05) is 48.5 Å². The van der Waals surface area contributed by atoms with Gasteiger partial charge in [-0.05, 0) is 42.8 Å². The molecule has 6 nitrogen and oxygen atoms in total. The standard InChI is InChI=1S/C23H22N2O4/c1-16(26)18-11-12-20(21(14-18)28-2)29-15-22(27)25-23(17-8-4-3-5-9-17)19-10-6-7-13-24-19/h3-14,23H,15H2,1-2H3,(H,25,27). The zero-order valence-corrected chi connectivity index (χ0v) is 16.3. The second kappa shape index (κ2) is 9.50. The summed E-state index contributed by atoms with van der Waals surface area (Å²) in [5.74, 6) is 0.410. The second-order valence-corrected chi connectivity index (χ2v) is 6.38. The Morgan fingerprint density at radius 1 is 1.00 bits per heavy atom. The van der Waals surface area contributed by atoms with Gasteiger partial charge in [-0.15, -0.1) is 0 Å². The number of ether oxygens (including phenoxy) is 2. The van der Waals surface area contributed by atoms with Gasteiger partial charge < -0.3 is 14.8 Å². The Kier molecular flexibility index (Phi) is 6.58. The van der Waals surface area contributed by atoms with Crippen molar-refractivity contribution in [3.8, 4) is 11.5 Å². The lowest BCUT2D eigenvalue weighted by atomic mass is 10.0. The van der Waals surface area contributed by atoms with E-state index in [2.05, 4.69) is 10.3 Å². The molecule has 1 N–H and O–H groups in total. The summed E-state index contributed by atoms with van der Waals surface area (Å²) < 4.78 is 10.9. The molecule has 1 unspecified atom stereocenters. The largest absolute Gasteiger partial charge is 0.493 e. The maximum absolute atomic E-state index is 12.6. The molecule has 1 heterocycles. The summed E-state index contributed by atoms with van der Waals surface area (Å²) in [5.41, 5.74) is 2.16. The third-order valence-corrected chi connectivity index (χ3v) is 4.35. The van der Waals surface area contributed by atoms with Crippen molar-refractivity contribution in [2.45, 2.75) is 13.0 Å². The normalized spacial score (nSPS) is 11.4. The number of amides is 1. The summed E-state index contributed by atoms with van der Waals surface area (Å²) >= 11 is 0. The van der Waals surface area contributed by atoms with Crippen LogP contribution in [0.15, 0.2) is 72.9 Å². The van der Waals surface area contributed by atoms with Gasteiger partial charge in [0.1, 0.15) is 0 Å². The molecule has 0 spiro atoms. The van der Waals surface area contributed by atoms with Crippen molar-refractivity contribution in [2.24, 2.45) is 0 Å². The Balaban J connectivity index is 1.72. The van der Waals surface area contributed by atoms with Crippen molar-refractivity contribution in [1.82, 2.24) is 10.3 Å². The molecule has 1 atom stereocenters. The summed E-state index contributed by atoms with van der Waals surface area (Å²) in [6.45, 7) is 1.27. The number of carbonyl (C=O) groups excluding carboxylic acids is 2. The van der Waals surface area contributed by atoms with Crippen LogP contribution in [0.4, 0.5) is 0 Å². The second-order valence-electron chi connectivity index (χ2n) is 6.38. The highest BCUT2D eigenvalue weighted by atomic mass is 16.5. The molecule has 148 valence electrons. The van der Waals surface area contributed by atoms with Crippen LogP contribution in [0.3, 0.4) is 0 Å². The Hall–Kier alpha value is -3.67. The number of benzene rings is 2. The molecular formula is C23H22N2O4. The molecule has 0 aliphatic rings. The van der Waals surface area contributed by atoms with Gasteiger partial charge in [0.25, 0.3) is 5.91 Å². The highest BCUT2D eigenvalue weighted by Gasteiger charge is 2.18. The van der Waals surface area contributed by atoms with Crippen LogP contribution in [0, 0.1) is 0 Å².